The number of aryl methyl sites for hydroxylation is 1. The van der Waals surface area contributed by atoms with E-state index in [0.717, 1.165) is 24.0 Å². The largest absolute Gasteiger partial charge is 0.496 e. The van der Waals surface area contributed by atoms with Crippen molar-refractivity contribution >= 4 is 38.6 Å². The molecule has 0 aliphatic rings. The van der Waals surface area contributed by atoms with Crippen molar-refractivity contribution in [2.75, 3.05) is 19.5 Å². The Balaban J connectivity index is 2.09. The number of amides is 1. The molecule has 164 valence electrons. The average molecular weight is 453 g/mol. The lowest BCUT2D eigenvalue weighted by molar-refractivity contribution is -0.203. The number of para-hydroxylation sites is 2. The summed E-state index contributed by atoms with van der Waals surface area (Å²) in [6.07, 6.45) is -5.27. The van der Waals surface area contributed by atoms with Gasteiger partial charge in [0, 0.05) is 0 Å². The van der Waals surface area contributed by atoms with Gasteiger partial charge in [0.1, 0.15) is 5.75 Å². The van der Waals surface area contributed by atoms with Crippen LogP contribution in [-0.4, -0.2) is 42.9 Å². The second-order valence-corrected chi connectivity index (χ2v) is 7.49. The summed E-state index contributed by atoms with van der Waals surface area (Å²) in [4.78, 5) is 29.3. The lowest BCUT2D eigenvalue weighted by atomic mass is 10.1. The van der Waals surface area contributed by atoms with Crippen molar-refractivity contribution in [2.45, 2.75) is 18.8 Å². The van der Waals surface area contributed by atoms with Crippen molar-refractivity contribution < 1.29 is 32.2 Å². The van der Waals surface area contributed by atoms with Crippen molar-refractivity contribution in [3.05, 3.63) is 53.6 Å². The van der Waals surface area contributed by atoms with E-state index in [0.29, 0.717) is 10.2 Å². The normalized spacial score (nSPS) is 13.4. The lowest BCUT2D eigenvalue weighted by Crippen LogP contribution is -2.69. The van der Waals surface area contributed by atoms with E-state index in [1.807, 2.05) is 0 Å². The van der Waals surface area contributed by atoms with Gasteiger partial charge < -0.3 is 20.1 Å². The highest BCUT2D eigenvalue weighted by atomic mass is 32.1. The third-order valence-electron chi connectivity index (χ3n) is 4.48. The molecule has 1 amide bonds. The van der Waals surface area contributed by atoms with Crippen LogP contribution in [0, 0.1) is 6.92 Å². The van der Waals surface area contributed by atoms with Crippen LogP contribution in [0.25, 0.3) is 10.2 Å². The van der Waals surface area contributed by atoms with E-state index in [4.69, 9.17) is 4.74 Å². The van der Waals surface area contributed by atoms with E-state index in [1.54, 1.807) is 36.5 Å². The Morgan fingerprint density at radius 1 is 1.06 bits per heavy atom. The minimum atomic E-state index is -5.27. The summed E-state index contributed by atoms with van der Waals surface area (Å²) in [7, 11) is 2.06. The van der Waals surface area contributed by atoms with Gasteiger partial charge in [0.15, 0.2) is 5.13 Å². The Morgan fingerprint density at radius 2 is 1.77 bits per heavy atom. The summed E-state index contributed by atoms with van der Waals surface area (Å²) in [6.45, 7) is 1.76. The molecule has 0 fully saturated rings. The van der Waals surface area contributed by atoms with E-state index >= 15 is 0 Å². The van der Waals surface area contributed by atoms with Crippen LogP contribution < -0.4 is 15.4 Å². The molecule has 0 bridgehead atoms. The van der Waals surface area contributed by atoms with Crippen molar-refractivity contribution in [3.8, 4) is 5.75 Å². The van der Waals surface area contributed by atoms with Gasteiger partial charge in [0.2, 0.25) is 0 Å². The summed E-state index contributed by atoms with van der Waals surface area (Å²) < 4.78 is 52.8. The number of alkyl halides is 3. The van der Waals surface area contributed by atoms with Gasteiger partial charge in [-0.3, -0.25) is 4.79 Å². The zero-order chi connectivity index (χ0) is 22.8. The van der Waals surface area contributed by atoms with E-state index in [1.165, 1.54) is 25.3 Å². The van der Waals surface area contributed by atoms with Crippen molar-refractivity contribution in [1.82, 2.24) is 10.3 Å². The first-order valence-corrected chi connectivity index (χ1v) is 9.69. The molecule has 1 aromatic heterocycles. The van der Waals surface area contributed by atoms with Gasteiger partial charge in [-0.15, -0.1) is 0 Å². The number of nitrogens with zero attached hydrogens (tertiary/aromatic N) is 1. The van der Waals surface area contributed by atoms with E-state index < -0.39 is 23.7 Å². The van der Waals surface area contributed by atoms with Gasteiger partial charge in [-0.05, 0) is 30.7 Å². The van der Waals surface area contributed by atoms with Gasteiger partial charge in [0.25, 0.3) is 5.91 Å². The second-order valence-electron chi connectivity index (χ2n) is 6.46. The van der Waals surface area contributed by atoms with Crippen LogP contribution in [0.15, 0.2) is 42.5 Å². The third kappa shape index (κ3) is 4.13. The van der Waals surface area contributed by atoms with Crippen LogP contribution in [0.3, 0.4) is 0 Å². The second kappa shape index (κ2) is 8.42. The number of hydrogen-bond acceptors (Lipinski definition) is 7. The smallest absolute Gasteiger partial charge is 0.442 e. The number of methoxy groups -OCH3 is 2. The molecular formula is C20H18F3N3O4S. The van der Waals surface area contributed by atoms with E-state index in [-0.39, 0.29) is 16.4 Å². The maximum absolute atomic E-state index is 14.3. The predicted molar refractivity (Wildman–Crippen MR) is 109 cm³/mol. The molecule has 7 nitrogen and oxygen atoms in total. The van der Waals surface area contributed by atoms with Crippen LogP contribution in [-0.2, 0) is 9.53 Å². The Labute approximate surface area is 179 Å². The topological polar surface area (TPSA) is 89.5 Å². The van der Waals surface area contributed by atoms with Gasteiger partial charge in [-0.25, -0.2) is 9.78 Å². The predicted octanol–water partition coefficient (Wildman–Crippen LogP) is 3.89. The fraction of sp³-hybridized carbons (Fsp3) is 0.250. The number of ether oxygens (including phenoxy) is 2. The minimum absolute atomic E-state index is 0.0385. The molecule has 0 saturated heterocycles. The number of anilines is 1. The highest BCUT2D eigenvalue weighted by Gasteiger charge is 2.64. The summed E-state index contributed by atoms with van der Waals surface area (Å²) >= 11 is 0.907. The minimum Gasteiger partial charge on any atom is -0.496 e. The number of benzene rings is 2. The number of aromatic nitrogens is 1. The number of carbonyl (C=O) groups excluding carboxylic acids is 2. The molecule has 1 heterocycles. The van der Waals surface area contributed by atoms with Gasteiger partial charge in [-0.1, -0.05) is 35.6 Å². The highest BCUT2D eigenvalue weighted by molar-refractivity contribution is 7.22. The van der Waals surface area contributed by atoms with Crippen molar-refractivity contribution in [1.29, 1.82) is 0 Å². The molecular weight excluding hydrogens is 435 g/mol. The Morgan fingerprint density at radius 3 is 2.39 bits per heavy atom. The molecule has 0 aliphatic carbocycles. The fourth-order valence-corrected chi connectivity index (χ4v) is 3.91. The zero-order valence-corrected chi connectivity index (χ0v) is 17.5. The fourth-order valence-electron chi connectivity index (χ4n) is 2.91. The average Bonchev–Trinajstić information content (AvgIpc) is 3.15. The number of thiazole rings is 1. The number of halogens is 3. The Bertz CT molecular complexity index is 1130. The van der Waals surface area contributed by atoms with Crippen molar-refractivity contribution in [2.24, 2.45) is 0 Å². The number of rotatable bonds is 6. The number of nitrogens with one attached hydrogen (secondary N) is 2. The molecule has 31 heavy (non-hydrogen) atoms. The molecule has 3 aromatic rings. The zero-order valence-electron chi connectivity index (χ0n) is 16.7. The number of hydrogen-bond donors (Lipinski definition) is 2. The van der Waals surface area contributed by atoms with Gasteiger partial charge in [-0.2, -0.15) is 13.2 Å². The summed E-state index contributed by atoms with van der Waals surface area (Å²) in [5.41, 5.74) is -2.55. The molecule has 2 N–H and O–H groups in total. The molecule has 3 rings (SSSR count). The first-order valence-electron chi connectivity index (χ1n) is 8.88. The molecule has 0 spiro atoms. The van der Waals surface area contributed by atoms with Crippen LogP contribution in [0.4, 0.5) is 18.3 Å². The first-order chi connectivity index (χ1) is 14.6. The van der Waals surface area contributed by atoms with Crippen LogP contribution in [0.1, 0.15) is 15.9 Å². The van der Waals surface area contributed by atoms with Crippen molar-refractivity contribution in [3.63, 3.8) is 0 Å². The lowest BCUT2D eigenvalue weighted by Gasteiger charge is -2.34. The summed E-state index contributed by atoms with van der Waals surface area (Å²) in [6, 6.07) is 10.9. The van der Waals surface area contributed by atoms with Crippen LogP contribution >= 0.6 is 11.3 Å². The third-order valence-corrected chi connectivity index (χ3v) is 5.42. The van der Waals surface area contributed by atoms with Gasteiger partial charge in [0.05, 0.1) is 30.0 Å². The maximum atomic E-state index is 14.3. The molecule has 0 unspecified atom stereocenters. The van der Waals surface area contributed by atoms with E-state index in [9.17, 15) is 22.8 Å². The Hall–Kier alpha value is -3.34. The number of carbonyl (C=O) groups is 2. The SMILES string of the molecule is COC(=O)[C@@](NC(=O)c1ccccc1OC)(Nc1nc2c(C)cccc2s1)C(F)(F)F. The molecule has 0 radical (unpaired) electrons. The monoisotopic (exact) mass is 453 g/mol. The standard InChI is InChI=1S/C20H18F3N3O4S/c1-11-7-6-10-14-15(11)24-18(31-14)26-19(17(28)30-3,20(21,22)23)25-16(27)12-8-4-5-9-13(12)29-2/h4-10H,1-3H3,(H,24,26)(H,25,27)/t19-/m1/s1. The van der Waals surface area contributed by atoms with E-state index in [2.05, 4.69) is 15.0 Å². The molecule has 0 aliphatic heterocycles. The quantitative estimate of drug-likeness (QED) is 0.435. The molecule has 2 aromatic carbocycles. The number of esters is 1. The Kier molecular flexibility index (Phi) is 6.07. The van der Waals surface area contributed by atoms with Crippen LogP contribution in [0.2, 0.25) is 0 Å². The molecule has 1 atom stereocenters. The highest BCUT2D eigenvalue weighted by Crippen LogP contribution is 2.36. The number of fused-ring (bicyclic) bond motifs is 1. The van der Waals surface area contributed by atoms with Gasteiger partial charge >= 0.3 is 17.8 Å². The molecule has 11 heteroatoms. The van der Waals surface area contributed by atoms with Crippen LogP contribution in [0.5, 0.6) is 5.75 Å². The maximum Gasteiger partial charge on any atom is 0.442 e. The summed E-state index contributed by atoms with van der Waals surface area (Å²) in [5, 5.41) is 3.61. The molecule has 0 saturated carbocycles. The summed E-state index contributed by atoms with van der Waals surface area (Å²) in [5.74, 6) is -2.90. The first kappa shape index (κ1) is 22.3.